The van der Waals surface area contributed by atoms with Crippen LogP contribution in [0.4, 0.5) is 0 Å². The fourth-order valence-corrected chi connectivity index (χ4v) is 1.76. The predicted molar refractivity (Wildman–Crippen MR) is 36.0 cm³/mol. The van der Waals surface area contributed by atoms with Gasteiger partial charge in [0.1, 0.15) is 6.10 Å². The zero-order valence-corrected chi connectivity index (χ0v) is 5.55. The van der Waals surface area contributed by atoms with Gasteiger partial charge < -0.3 is 4.74 Å². The van der Waals surface area contributed by atoms with Gasteiger partial charge in [-0.15, -0.1) is 0 Å². The highest BCUT2D eigenvalue weighted by atomic mass is 16.5. The van der Waals surface area contributed by atoms with Crippen LogP contribution in [0.3, 0.4) is 0 Å². The molecule has 0 aromatic heterocycles. The molecule has 0 unspecified atom stereocenters. The van der Waals surface area contributed by atoms with E-state index in [-0.39, 0.29) is 0 Å². The van der Waals surface area contributed by atoms with Crippen molar-refractivity contribution in [1.82, 2.24) is 0 Å². The minimum Gasteiger partial charge on any atom is -0.498 e. The summed E-state index contributed by atoms with van der Waals surface area (Å²) in [5.41, 5.74) is 0. The monoisotopic (exact) mass is 124 g/mol. The third-order valence-electron chi connectivity index (χ3n) is 2.33. The maximum Gasteiger partial charge on any atom is 0.104 e. The SMILES string of the molecule is C1=C[C@H]2CCCC[C@H]2O1. The van der Waals surface area contributed by atoms with Gasteiger partial charge in [0.2, 0.25) is 0 Å². The third kappa shape index (κ3) is 0.846. The van der Waals surface area contributed by atoms with Crippen molar-refractivity contribution >= 4 is 0 Å². The van der Waals surface area contributed by atoms with E-state index in [4.69, 9.17) is 4.74 Å². The molecule has 0 saturated heterocycles. The Morgan fingerprint density at radius 3 is 3.00 bits per heavy atom. The van der Waals surface area contributed by atoms with E-state index >= 15 is 0 Å². The highest BCUT2D eigenvalue weighted by molar-refractivity contribution is 4.97. The lowest BCUT2D eigenvalue weighted by Gasteiger charge is -2.23. The van der Waals surface area contributed by atoms with Crippen LogP contribution in [0.1, 0.15) is 25.7 Å². The molecule has 0 N–H and O–H groups in total. The van der Waals surface area contributed by atoms with E-state index in [2.05, 4.69) is 6.08 Å². The van der Waals surface area contributed by atoms with E-state index < -0.39 is 0 Å². The number of fused-ring (bicyclic) bond motifs is 1. The van der Waals surface area contributed by atoms with Crippen LogP contribution in [0.15, 0.2) is 12.3 Å². The van der Waals surface area contributed by atoms with Crippen LogP contribution in [0.5, 0.6) is 0 Å². The standard InChI is InChI=1S/C8H12O/c1-2-4-8-7(3-1)5-6-9-8/h5-8H,1-4H2/t7-,8-/m1/s1. The molecule has 2 atom stereocenters. The Kier molecular flexibility index (Phi) is 1.22. The maximum absolute atomic E-state index is 5.38. The molecule has 1 aliphatic heterocycles. The highest BCUT2D eigenvalue weighted by Gasteiger charge is 2.26. The predicted octanol–water partition coefficient (Wildman–Crippen LogP) is 2.09. The van der Waals surface area contributed by atoms with E-state index in [1.807, 2.05) is 6.26 Å². The second-order valence-electron chi connectivity index (χ2n) is 2.95. The van der Waals surface area contributed by atoms with Crippen molar-refractivity contribution in [1.29, 1.82) is 0 Å². The summed E-state index contributed by atoms with van der Waals surface area (Å²) < 4.78 is 5.38. The van der Waals surface area contributed by atoms with Crippen molar-refractivity contribution in [3.8, 4) is 0 Å². The van der Waals surface area contributed by atoms with Crippen LogP contribution in [0, 0.1) is 5.92 Å². The van der Waals surface area contributed by atoms with Gasteiger partial charge in [0, 0.05) is 5.92 Å². The Hall–Kier alpha value is -0.460. The van der Waals surface area contributed by atoms with Crippen LogP contribution in [0.2, 0.25) is 0 Å². The average molecular weight is 124 g/mol. The molecule has 0 aromatic carbocycles. The molecule has 0 amide bonds. The van der Waals surface area contributed by atoms with Gasteiger partial charge in [0.15, 0.2) is 0 Å². The van der Waals surface area contributed by atoms with Gasteiger partial charge >= 0.3 is 0 Å². The second kappa shape index (κ2) is 2.05. The number of ether oxygens (including phenoxy) is 1. The van der Waals surface area contributed by atoms with Crippen molar-refractivity contribution < 1.29 is 4.74 Å². The normalized spacial score (nSPS) is 40.0. The first-order chi connectivity index (χ1) is 4.47. The highest BCUT2D eigenvalue weighted by Crippen LogP contribution is 2.31. The van der Waals surface area contributed by atoms with Gasteiger partial charge in [-0.2, -0.15) is 0 Å². The van der Waals surface area contributed by atoms with Crippen molar-refractivity contribution in [3.05, 3.63) is 12.3 Å². The summed E-state index contributed by atoms with van der Waals surface area (Å²) in [5, 5.41) is 0. The molecule has 1 saturated carbocycles. The molecule has 50 valence electrons. The lowest BCUT2D eigenvalue weighted by Crippen LogP contribution is -2.20. The van der Waals surface area contributed by atoms with E-state index in [1.165, 1.54) is 25.7 Å². The molecule has 2 aliphatic rings. The van der Waals surface area contributed by atoms with Crippen molar-refractivity contribution in [2.45, 2.75) is 31.8 Å². The Labute approximate surface area is 55.7 Å². The Morgan fingerprint density at radius 1 is 1.22 bits per heavy atom. The smallest absolute Gasteiger partial charge is 0.104 e. The Bertz CT molecular complexity index is 129. The summed E-state index contributed by atoms with van der Waals surface area (Å²) in [7, 11) is 0. The molecule has 2 rings (SSSR count). The largest absolute Gasteiger partial charge is 0.498 e. The lowest BCUT2D eigenvalue weighted by molar-refractivity contribution is 0.101. The molecule has 1 heterocycles. The van der Waals surface area contributed by atoms with Gasteiger partial charge in [-0.1, -0.05) is 6.42 Å². The summed E-state index contributed by atoms with van der Waals surface area (Å²) in [6, 6.07) is 0. The first kappa shape index (κ1) is 5.33. The molecule has 9 heavy (non-hydrogen) atoms. The molecule has 1 nitrogen and oxygen atoms in total. The van der Waals surface area contributed by atoms with Gasteiger partial charge in [-0.3, -0.25) is 0 Å². The molecule has 0 radical (unpaired) electrons. The minimum absolute atomic E-state index is 0.554. The molecule has 0 bridgehead atoms. The summed E-state index contributed by atoms with van der Waals surface area (Å²) in [5.74, 6) is 0.763. The molecule has 0 aromatic rings. The molecular formula is C8H12O. The topological polar surface area (TPSA) is 9.23 Å². The van der Waals surface area contributed by atoms with Crippen LogP contribution in [-0.4, -0.2) is 6.10 Å². The van der Waals surface area contributed by atoms with Gasteiger partial charge in [-0.25, -0.2) is 0 Å². The number of hydrogen-bond donors (Lipinski definition) is 0. The van der Waals surface area contributed by atoms with Crippen LogP contribution in [-0.2, 0) is 4.74 Å². The molecule has 1 aliphatic carbocycles. The van der Waals surface area contributed by atoms with E-state index in [1.54, 1.807) is 0 Å². The van der Waals surface area contributed by atoms with Gasteiger partial charge in [0.25, 0.3) is 0 Å². The zero-order chi connectivity index (χ0) is 6.10. The van der Waals surface area contributed by atoms with Crippen molar-refractivity contribution in [2.24, 2.45) is 5.92 Å². The number of hydrogen-bond acceptors (Lipinski definition) is 1. The van der Waals surface area contributed by atoms with Crippen molar-refractivity contribution in [3.63, 3.8) is 0 Å². The van der Waals surface area contributed by atoms with E-state index in [0.29, 0.717) is 6.10 Å². The number of rotatable bonds is 0. The van der Waals surface area contributed by atoms with Gasteiger partial charge in [-0.05, 0) is 25.3 Å². The quantitative estimate of drug-likeness (QED) is 0.480. The van der Waals surface area contributed by atoms with Crippen LogP contribution >= 0.6 is 0 Å². The lowest BCUT2D eigenvalue weighted by atomic mass is 9.88. The van der Waals surface area contributed by atoms with Crippen LogP contribution in [0.25, 0.3) is 0 Å². The molecular weight excluding hydrogens is 112 g/mol. The average Bonchev–Trinajstić information content (AvgIpc) is 2.33. The summed E-state index contributed by atoms with van der Waals surface area (Å²) in [6.07, 6.45) is 10.0. The third-order valence-corrected chi connectivity index (χ3v) is 2.33. The maximum atomic E-state index is 5.38. The summed E-state index contributed by atoms with van der Waals surface area (Å²) in [6.45, 7) is 0. The molecule has 1 fully saturated rings. The van der Waals surface area contributed by atoms with Crippen molar-refractivity contribution in [2.75, 3.05) is 0 Å². The van der Waals surface area contributed by atoms with Crippen LogP contribution < -0.4 is 0 Å². The van der Waals surface area contributed by atoms with Gasteiger partial charge in [0.05, 0.1) is 6.26 Å². The minimum atomic E-state index is 0.554. The van der Waals surface area contributed by atoms with E-state index in [9.17, 15) is 0 Å². The first-order valence-electron chi connectivity index (χ1n) is 3.79. The first-order valence-corrected chi connectivity index (χ1v) is 3.79. The fraction of sp³-hybridized carbons (Fsp3) is 0.750. The summed E-state index contributed by atoms with van der Waals surface area (Å²) in [4.78, 5) is 0. The molecule has 0 spiro atoms. The molecule has 1 heteroatoms. The zero-order valence-electron chi connectivity index (χ0n) is 5.55. The fourth-order valence-electron chi connectivity index (χ4n) is 1.76. The Morgan fingerprint density at radius 2 is 2.11 bits per heavy atom. The second-order valence-corrected chi connectivity index (χ2v) is 2.95. The Balaban J connectivity index is 2.03. The van der Waals surface area contributed by atoms with E-state index in [0.717, 1.165) is 5.92 Å². The summed E-state index contributed by atoms with van der Waals surface area (Å²) >= 11 is 0.